The molecule has 1 aliphatic carbocycles. The van der Waals surface area contributed by atoms with Crippen molar-refractivity contribution in [3.63, 3.8) is 0 Å². The van der Waals surface area contributed by atoms with Crippen LogP contribution in [0.4, 0.5) is 0 Å². The van der Waals surface area contributed by atoms with Gasteiger partial charge in [0.05, 0.1) is 14.2 Å². The summed E-state index contributed by atoms with van der Waals surface area (Å²) in [6.07, 6.45) is 8.98. The highest BCUT2D eigenvalue weighted by Gasteiger charge is 2.52. The van der Waals surface area contributed by atoms with Gasteiger partial charge in [0.1, 0.15) is 8.07 Å². The fraction of sp³-hybridized carbons (Fsp3) is 0.455. The van der Waals surface area contributed by atoms with E-state index < -0.39 is 25.4 Å². The molecule has 1 unspecified atom stereocenters. The minimum absolute atomic E-state index is 0.211. The molecular weight excluding hydrogens is 356 g/mol. The Kier molecular flexibility index (Phi) is 7.19. The predicted octanol–water partition coefficient (Wildman–Crippen LogP) is 3.78. The summed E-state index contributed by atoms with van der Waals surface area (Å²) >= 11 is 0. The molecule has 4 nitrogen and oxygen atoms in total. The molecule has 5 heteroatoms. The van der Waals surface area contributed by atoms with Gasteiger partial charge in [-0.2, -0.15) is 0 Å². The van der Waals surface area contributed by atoms with Crippen molar-refractivity contribution in [2.75, 3.05) is 14.2 Å². The Balaban J connectivity index is 2.36. The van der Waals surface area contributed by atoms with Crippen molar-refractivity contribution in [2.24, 2.45) is 11.3 Å². The highest BCUT2D eigenvalue weighted by Crippen LogP contribution is 2.41. The molecule has 0 aromatic heterocycles. The molecule has 0 amide bonds. The van der Waals surface area contributed by atoms with Crippen LogP contribution in [-0.2, 0) is 19.1 Å². The third-order valence-corrected chi connectivity index (χ3v) is 8.37. The van der Waals surface area contributed by atoms with E-state index in [4.69, 9.17) is 9.47 Å². The molecule has 27 heavy (non-hydrogen) atoms. The van der Waals surface area contributed by atoms with Gasteiger partial charge in [-0.05, 0) is 25.7 Å². The normalized spacial score (nSPS) is 17.7. The van der Waals surface area contributed by atoms with Crippen molar-refractivity contribution >= 4 is 25.2 Å². The third kappa shape index (κ3) is 4.59. The van der Waals surface area contributed by atoms with Crippen LogP contribution in [0.3, 0.4) is 0 Å². The van der Waals surface area contributed by atoms with E-state index in [1.54, 1.807) is 0 Å². The zero-order valence-electron chi connectivity index (χ0n) is 16.7. The number of rotatable bonds is 7. The first-order valence-electron chi connectivity index (χ1n) is 9.45. The van der Waals surface area contributed by atoms with Crippen molar-refractivity contribution < 1.29 is 19.1 Å². The zero-order valence-corrected chi connectivity index (χ0v) is 17.7. The van der Waals surface area contributed by atoms with E-state index in [-0.39, 0.29) is 12.3 Å². The second kappa shape index (κ2) is 9.18. The van der Waals surface area contributed by atoms with E-state index in [2.05, 4.69) is 30.9 Å². The second-order valence-electron chi connectivity index (χ2n) is 7.61. The summed E-state index contributed by atoms with van der Waals surface area (Å²) in [7, 11) is 0.843. The van der Waals surface area contributed by atoms with Gasteiger partial charge >= 0.3 is 11.9 Å². The average Bonchev–Trinajstić information content (AvgIpc) is 2.71. The quantitative estimate of drug-likeness (QED) is 0.310. The van der Waals surface area contributed by atoms with E-state index in [0.717, 1.165) is 19.3 Å². The molecule has 0 radical (unpaired) electrons. The number of methoxy groups -OCH3 is 2. The number of hydrogen-bond donors (Lipinski definition) is 0. The largest absolute Gasteiger partial charge is 0.468 e. The average molecular weight is 387 g/mol. The topological polar surface area (TPSA) is 52.6 Å². The van der Waals surface area contributed by atoms with Crippen molar-refractivity contribution in [1.29, 1.82) is 0 Å². The minimum atomic E-state index is -1.82. The molecule has 146 valence electrons. The Bertz CT molecular complexity index is 690. The van der Waals surface area contributed by atoms with Crippen LogP contribution in [0.15, 0.2) is 54.3 Å². The highest BCUT2D eigenvalue weighted by atomic mass is 28.3. The van der Waals surface area contributed by atoms with Crippen LogP contribution in [0.2, 0.25) is 13.1 Å². The Morgan fingerprint density at radius 3 is 2.30 bits per heavy atom. The van der Waals surface area contributed by atoms with E-state index in [1.807, 2.05) is 36.4 Å². The summed E-state index contributed by atoms with van der Waals surface area (Å²) in [6, 6.07) is 10.4. The molecule has 1 atom stereocenters. The van der Waals surface area contributed by atoms with Crippen molar-refractivity contribution in [2.45, 2.75) is 38.8 Å². The van der Waals surface area contributed by atoms with Gasteiger partial charge in [-0.25, -0.2) is 0 Å². The number of carbonyl (C=O) groups excluding carboxylic acids is 2. The molecule has 0 N–H and O–H groups in total. The first-order valence-corrected chi connectivity index (χ1v) is 12.5. The molecule has 0 saturated carbocycles. The van der Waals surface area contributed by atoms with Crippen LogP contribution >= 0.6 is 0 Å². The Hall–Kier alpha value is -2.14. The molecule has 0 saturated heterocycles. The van der Waals surface area contributed by atoms with Crippen LogP contribution in [0, 0.1) is 11.3 Å². The molecule has 1 aromatic carbocycles. The monoisotopic (exact) mass is 386 g/mol. The smallest absolute Gasteiger partial charge is 0.324 e. The zero-order chi connectivity index (χ0) is 19.9. The maximum Gasteiger partial charge on any atom is 0.324 e. The number of esters is 2. The first-order chi connectivity index (χ1) is 12.9. The standard InChI is InChI=1S/C22H30O4Si/c1-25-20(23)22(21(24)26-2,18-12-7-5-8-13-18)16-11-17-27(3,4)19-14-9-6-10-15-19/h6-7,9-12,14-15,17-18H,5,8,13,16H2,1-4H3/b17-11+. The summed E-state index contributed by atoms with van der Waals surface area (Å²) in [5.74, 6) is -1.25. The lowest BCUT2D eigenvalue weighted by atomic mass is 9.69. The maximum absolute atomic E-state index is 12.8. The fourth-order valence-corrected chi connectivity index (χ4v) is 5.75. The Labute approximate surface area is 163 Å². The van der Waals surface area contributed by atoms with Crippen LogP contribution < -0.4 is 5.19 Å². The van der Waals surface area contributed by atoms with Gasteiger partial charge in [-0.15, -0.1) is 0 Å². The fourth-order valence-electron chi connectivity index (χ4n) is 3.79. The van der Waals surface area contributed by atoms with Gasteiger partial charge < -0.3 is 9.47 Å². The van der Waals surface area contributed by atoms with Gasteiger partial charge in [-0.1, -0.05) is 72.5 Å². The van der Waals surface area contributed by atoms with E-state index >= 15 is 0 Å². The summed E-state index contributed by atoms with van der Waals surface area (Å²) in [4.78, 5) is 25.6. The number of carbonyl (C=O) groups is 2. The lowest BCUT2D eigenvalue weighted by molar-refractivity contribution is -0.172. The van der Waals surface area contributed by atoms with Gasteiger partial charge in [0.2, 0.25) is 0 Å². The van der Waals surface area contributed by atoms with Crippen molar-refractivity contribution in [3.05, 3.63) is 54.3 Å². The van der Waals surface area contributed by atoms with Gasteiger partial charge in [-0.3, -0.25) is 9.59 Å². The number of hydrogen-bond acceptors (Lipinski definition) is 4. The summed E-state index contributed by atoms with van der Waals surface area (Å²) in [6.45, 7) is 4.49. The molecular formula is C22H30O4Si. The van der Waals surface area contributed by atoms with Crippen molar-refractivity contribution in [1.82, 2.24) is 0 Å². The minimum Gasteiger partial charge on any atom is -0.468 e. The lowest BCUT2D eigenvalue weighted by Crippen LogP contribution is -2.47. The highest BCUT2D eigenvalue weighted by molar-refractivity contribution is 6.93. The number of allylic oxidation sites excluding steroid dienone is 3. The molecule has 0 aliphatic heterocycles. The third-order valence-electron chi connectivity index (χ3n) is 5.48. The van der Waals surface area contributed by atoms with Crippen LogP contribution in [0.1, 0.15) is 25.7 Å². The summed E-state index contributed by atoms with van der Waals surface area (Å²) < 4.78 is 10.1. The molecule has 0 fully saturated rings. The predicted molar refractivity (Wildman–Crippen MR) is 110 cm³/mol. The van der Waals surface area contributed by atoms with E-state index in [1.165, 1.54) is 19.4 Å². The van der Waals surface area contributed by atoms with Crippen LogP contribution in [-0.4, -0.2) is 34.2 Å². The molecule has 1 aromatic rings. The van der Waals surface area contributed by atoms with Gasteiger partial charge in [0.25, 0.3) is 0 Å². The first kappa shape index (κ1) is 21.2. The molecule has 2 rings (SSSR count). The SMILES string of the molecule is COC(=O)C(C/C=C/[Si](C)(C)c1ccccc1)(C(=O)OC)C1C=CCCC1. The molecule has 0 bridgehead atoms. The number of benzene rings is 1. The Morgan fingerprint density at radius 1 is 1.15 bits per heavy atom. The molecule has 0 heterocycles. The van der Waals surface area contributed by atoms with Crippen LogP contribution in [0.25, 0.3) is 0 Å². The van der Waals surface area contributed by atoms with Gasteiger partial charge in [0, 0.05) is 5.92 Å². The Morgan fingerprint density at radius 2 is 1.78 bits per heavy atom. The maximum atomic E-state index is 12.8. The molecule has 1 aliphatic rings. The lowest BCUT2D eigenvalue weighted by Gasteiger charge is -2.35. The second-order valence-corrected chi connectivity index (χ2v) is 12.0. The van der Waals surface area contributed by atoms with E-state index in [0.29, 0.717) is 0 Å². The summed E-state index contributed by atoms with van der Waals surface area (Å²) in [5.41, 5.74) is 0.869. The number of ether oxygens (including phenoxy) is 2. The molecule has 0 spiro atoms. The van der Waals surface area contributed by atoms with Crippen molar-refractivity contribution in [3.8, 4) is 0 Å². The van der Waals surface area contributed by atoms with E-state index in [9.17, 15) is 9.59 Å². The summed E-state index contributed by atoms with van der Waals surface area (Å²) in [5, 5.41) is 1.31. The van der Waals surface area contributed by atoms with Gasteiger partial charge in [0.15, 0.2) is 5.41 Å². The van der Waals surface area contributed by atoms with Crippen LogP contribution in [0.5, 0.6) is 0 Å².